The maximum absolute atomic E-state index is 13.0. The van der Waals surface area contributed by atoms with E-state index in [0.29, 0.717) is 25.3 Å². The molecule has 0 aliphatic rings. The van der Waals surface area contributed by atoms with Crippen LogP contribution in [-0.4, -0.2) is 54.6 Å². The molecule has 172 valence electrons. The molecule has 8 nitrogen and oxygen atoms in total. The first-order valence-electron chi connectivity index (χ1n) is 10.9. The summed E-state index contributed by atoms with van der Waals surface area (Å²) in [5.74, 6) is -0.182. The van der Waals surface area contributed by atoms with Gasteiger partial charge in [-0.05, 0) is 52.0 Å². The van der Waals surface area contributed by atoms with Crippen molar-refractivity contribution in [2.45, 2.75) is 59.4 Å². The molecule has 0 spiro atoms. The Labute approximate surface area is 186 Å². The summed E-state index contributed by atoms with van der Waals surface area (Å²) in [6, 6.07) is 6.94. The topological polar surface area (TPSA) is 87.5 Å². The summed E-state index contributed by atoms with van der Waals surface area (Å²) >= 11 is 0. The number of hydrogen-bond acceptors (Lipinski definition) is 5. The van der Waals surface area contributed by atoms with Gasteiger partial charge in [-0.25, -0.2) is 8.42 Å². The molecule has 1 amide bonds. The Morgan fingerprint density at radius 3 is 2.19 bits per heavy atom. The van der Waals surface area contributed by atoms with Crippen LogP contribution in [0.4, 0.5) is 11.4 Å². The molecule has 2 aromatic rings. The molecule has 0 saturated heterocycles. The van der Waals surface area contributed by atoms with Gasteiger partial charge in [0, 0.05) is 44.8 Å². The van der Waals surface area contributed by atoms with Gasteiger partial charge in [-0.1, -0.05) is 13.8 Å². The fourth-order valence-corrected chi connectivity index (χ4v) is 5.13. The number of hydrogen-bond donors (Lipinski definition) is 1. The van der Waals surface area contributed by atoms with Crippen LogP contribution >= 0.6 is 0 Å². The van der Waals surface area contributed by atoms with Gasteiger partial charge in [-0.2, -0.15) is 9.40 Å². The highest BCUT2D eigenvalue weighted by Crippen LogP contribution is 2.30. The lowest BCUT2D eigenvalue weighted by Gasteiger charge is -2.26. The van der Waals surface area contributed by atoms with Crippen LogP contribution in [0, 0.1) is 13.8 Å². The van der Waals surface area contributed by atoms with E-state index in [1.807, 2.05) is 52.3 Å². The van der Waals surface area contributed by atoms with E-state index in [2.05, 4.69) is 15.3 Å². The molecule has 0 saturated carbocycles. The first kappa shape index (κ1) is 24.9. The summed E-state index contributed by atoms with van der Waals surface area (Å²) in [4.78, 5) is 15.0. The largest absolute Gasteiger partial charge is 0.370 e. The van der Waals surface area contributed by atoms with Crippen molar-refractivity contribution >= 4 is 27.3 Å². The Morgan fingerprint density at radius 2 is 1.68 bits per heavy atom. The number of amides is 1. The molecular weight excluding hydrogens is 414 g/mol. The van der Waals surface area contributed by atoms with Gasteiger partial charge >= 0.3 is 0 Å². The van der Waals surface area contributed by atoms with Crippen molar-refractivity contribution in [2.75, 3.05) is 36.4 Å². The molecule has 31 heavy (non-hydrogen) atoms. The van der Waals surface area contributed by atoms with E-state index >= 15 is 0 Å². The normalized spacial score (nSPS) is 11.7. The average molecular weight is 450 g/mol. The Balaban J connectivity index is 2.33. The Kier molecular flexibility index (Phi) is 8.64. The zero-order valence-corrected chi connectivity index (χ0v) is 20.3. The highest BCUT2D eigenvalue weighted by molar-refractivity contribution is 7.89. The Bertz CT molecular complexity index is 993. The van der Waals surface area contributed by atoms with E-state index in [1.54, 1.807) is 18.2 Å². The second kappa shape index (κ2) is 10.8. The minimum atomic E-state index is -3.62. The van der Waals surface area contributed by atoms with Crippen LogP contribution in [0.2, 0.25) is 0 Å². The number of nitrogens with one attached hydrogen (secondary N) is 1. The standard InChI is InChI=1S/C22H35N5O3S/c1-7-25(8-2)21-12-11-19(31(29,30)26(9-3)10-4)16-20(21)23-22(28)13-14-27-18(6)15-17(5)24-27/h11-12,15-16H,7-10,13-14H2,1-6H3,(H,23,28). The minimum absolute atomic E-state index is 0.181. The highest BCUT2D eigenvalue weighted by Gasteiger charge is 2.24. The lowest BCUT2D eigenvalue weighted by Crippen LogP contribution is -2.31. The fourth-order valence-electron chi connectivity index (χ4n) is 3.65. The fraction of sp³-hybridized carbons (Fsp3) is 0.545. The molecule has 1 aromatic carbocycles. The molecule has 9 heteroatoms. The molecule has 0 atom stereocenters. The maximum Gasteiger partial charge on any atom is 0.243 e. The molecule has 2 rings (SSSR count). The number of anilines is 2. The van der Waals surface area contributed by atoms with Gasteiger partial charge in [0.15, 0.2) is 0 Å². The van der Waals surface area contributed by atoms with E-state index in [1.165, 1.54) is 4.31 Å². The molecule has 0 radical (unpaired) electrons. The van der Waals surface area contributed by atoms with Gasteiger partial charge in [-0.15, -0.1) is 0 Å². The summed E-state index contributed by atoms with van der Waals surface area (Å²) in [5, 5.41) is 7.33. The maximum atomic E-state index is 13.0. The van der Waals surface area contributed by atoms with Crippen LogP contribution in [0.3, 0.4) is 0 Å². The monoisotopic (exact) mass is 449 g/mol. The third-order valence-electron chi connectivity index (χ3n) is 5.34. The highest BCUT2D eigenvalue weighted by atomic mass is 32.2. The van der Waals surface area contributed by atoms with Crippen molar-refractivity contribution in [3.05, 3.63) is 35.7 Å². The number of aryl methyl sites for hydroxylation is 3. The van der Waals surface area contributed by atoms with Crippen molar-refractivity contribution in [2.24, 2.45) is 0 Å². The SMILES string of the molecule is CCN(CC)c1ccc(S(=O)(=O)N(CC)CC)cc1NC(=O)CCn1nc(C)cc1C. The average Bonchev–Trinajstić information content (AvgIpc) is 3.06. The molecule has 0 unspecified atom stereocenters. The summed E-state index contributed by atoms with van der Waals surface area (Å²) < 4.78 is 29.2. The Hall–Kier alpha value is -2.39. The van der Waals surface area contributed by atoms with Gasteiger partial charge in [-0.3, -0.25) is 9.48 Å². The van der Waals surface area contributed by atoms with Gasteiger partial charge in [0.2, 0.25) is 15.9 Å². The molecule has 0 aliphatic heterocycles. The van der Waals surface area contributed by atoms with Gasteiger partial charge in [0.1, 0.15) is 0 Å². The van der Waals surface area contributed by atoms with E-state index in [-0.39, 0.29) is 17.2 Å². The quantitative estimate of drug-likeness (QED) is 0.568. The first-order chi connectivity index (χ1) is 14.7. The number of sulfonamides is 1. The van der Waals surface area contributed by atoms with E-state index in [9.17, 15) is 13.2 Å². The van der Waals surface area contributed by atoms with Crippen molar-refractivity contribution in [3.63, 3.8) is 0 Å². The lowest BCUT2D eigenvalue weighted by molar-refractivity contribution is -0.116. The smallest absolute Gasteiger partial charge is 0.243 e. The molecule has 1 aromatic heterocycles. The number of carbonyl (C=O) groups excluding carboxylic acids is 1. The summed E-state index contributed by atoms with van der Waals surface area (Å²) in [7, 11) is -3.62. The number of rotatable bonds is 11. The van der Waals surface area contributed by atoms with Crippen LogP contribution in [0.5, 0.6) is 0 Å². The molecule has 0 fully saturated rings. The van der Waals surface area contributed by atoms with Gasteiger partial charge in [0.05, 0.1) is 22.0 Å². The number of aromatic nitrogens is 2. The minimum Gasteiger partial charge on any atom is -0.370 e. The third kappa shape index (κ3) is 5.86. The second-order valence-corrected chi connectivity index (χ2v) is 9.33. The summed E-state index contributed by atoms with van der Waals surface area (Å²) in [6.45, 7) is 14.3. The Morgan fingerprint density at radius 1 is 1.03 bits per heavy atom. The van der Waals surface area contributed by atoms with Gasteiger partial charge in [0.25, 0.3) is 0 Å². The lowest BCUT2D eigenvalue weighted by atomic mass is 10.2. The van der Waals surface area contributed by atoms with Crippen LogP contribution < -0.4 is 10.2 Å². The number of nitrogens with zero attached hydrogens (tertiary/aromatic N) is 4. The van der Waals surface area contributed by atoms with E-state index in [0.717, 1.165) is 30.2 Å². The number of carbonyl (C=O) groups is 1. The molecule has 0 aliphatic carbocycles. The van der Waals surface area contributed by atoms with E-state index < -0.39 is 10.0 Å². The van der Waals surface area contributed by atoms with Crippen LogP contribution in [0.1, 0.15) is 45.5 Å². The molecular formula is C22H35N5O3S. The van der Waals surface area contributed by atoms with Gasteiger partial charge < -0.3 is 10.2 Å². The predicted octanol–water partition coefficient (Wildman–Crippen LogP) is 3.41. The van der Waals surface area contributed by atoms with Crippen molar-refractivity contribution < 1.29 is 13.2 Å². The molecule has 1 heterocycles. The summed E-state index contributed by atoms with van der Waals surface area (Å²) in [6.07, 6.45) is 0.243. The van der Waals surface area contributed by atoms with E-state index in [4.69, 9.17) is 0 Å². The van der Waals surface area contributed by atoms with Crippen molar-refractivity contribution in [1.29, 1.82) is 0 Å². The molecule has 0 bridgehead atoms. The van der Waals surface area contributed by atoms with Crippen LogP contribution in [-0.2, 0) is 21.4 Å². The van der Waals surface area contributed by atoms with Crippen LogP contribution in [0.15, 0.2) is 29.2 Å². The van der Waals surface area contributed by atoms with Crippen molar-refractivity contribution in [3.8, 4) is 0 Å². The first-order valence-corrected chi connectivity index (χ1v) is 12.3. The zero-order chi connectivity index (χ0) is 23.2. The number of benzene rings is 1. The van der Waals surface area contributed by atoms with Crippen LogP contribution in [0.25, 0.3) is 0 Å². The molecule has 1 N–H and O–H groups in total. The van der Waals surface area contributed by atoms with Crippen molar-refractivity contribution in [1.82, 2.24) is 14.1 Å². The second-order valence-electron chi connectivity index (χ2n) is 7.39. The summed E-state index contributed by atoms with van der Waals surface area (Å²) in [5.41, 5.74) is 3.23. The third-order valence-corrected chi connectivity index (χ3v) is 7.39. The zero-order valence-electron chi connectivity index (χ0n) is 19.5. The predicted molar refractivity (Wildman–Crippen MR) is 125 cm³/mol.